The monoisotopic (exact) mass is 254 g/mol. The first kappa shape index (κ1) is 11.9. The van der Waals surface area contributed by atoms with Crippen LogP contribution in [0.3, 0.4) is 0 Å². The van der Waals surface area contributed by atoms with E-state index in [0.29, 0.717) is 10.3 Å². The molecule has 3 heteroatoms. The van der Waals surface area contributed by atoms with Crippen LogP contribution in [0, 0.1) is 0 Å². The lowest BCUT2D eigenvalue weighted by molar-refractivity contribution is 0.475. The first-order valence-corrected chi connectivity index (χ1v) is 6.73. The molecule has 16 heavy (non-hydrogen) atoms. The number of hydrogen-bond acceptors (Lipinski definition) is 2. The Morgan fingerprint density at radius 1 is 1.31 bits per heavy atom. The number of rotatable bonds is 2. The second-order valence-corrected chi connectivity index (χ2v) is 5.96. The molecule has 1 fully saturated rings. The number of aromatic hydroxyl groups is 1. The van der Waals surface area contributed by atoms with E-state index in [4.69, 9.17) is 11.6 Å². The molecule has 1 aromatic rings. The number of thioether (sulfide) groups is 1. The Labute approximate surface area is 106 Å². The maximum Gasteiger partial charge on any atom is 0.134 e. The maximum atomic E-state index is 9.33. The average Bonchev–Trinajstić information content (AvgIpc) is 2.27. The summed E-state index contributed by atoms with van der Waals surface area (Å²) in [5, 5.41) is 10.4. The van der Waals surface area contributed by atoms with Crippen molar-refractivity contribution in [2.75, 3.05) is 0 Å². The van der Waals surface area contributed by atoms with Crippen molar-refractivity contribution in [1.29, 1.82) is 0 Å². The van der Waals surface area contributed by atoms with Gasteiger partial charge < -0.3 is 5.11 Å². The van der Waals surface area contributed by atoms with Crippen LogP contribution in [0.5, 0.6) is 5.75 Å². The Morgan fingerprint density at radius 2 is 2.00 bits per heavy atom. The van der Waals surface area contributed by atoms with Crippen molar-refractivity contribution in [3.8, 4) is 5.75 Å². The number of allylic oxidation sites excluding steroid dienone is 1. The largest absolute Gasteiger partial charge is 0.506 e. The van der Waals surface area contributed by atoms with Crippen molar-refractivity contribution in [1.82, 2.24) is 0 Å². The molecule has 0 aliphatic heterocycles. The van der Waals surface area contributed by atoms with E-state index in [2.05, 4.69) is 6.58 Å². The molecular formula is C13H15ClOS. The Bertz CT molecular complexity index is 393. The zero-order chi connectivity index (χ0) is 11.5. The highest BCUT2D eigenvalue weighted by Gasteiger charge is 2.16. The van der Waals surface area contributed by atoms with Gasteiger partial charge in [0.2, 0.25) is 0 Å². The molecule has 1 nitrogen and oxygen atoms in total. The van der Waals surface area contributed by atoms with Crippen LogP contribution in [-0.4, -0.2) is 10.4 Å². The summed E-state index contributed by atoms with van der Waals surface area (Å²) in [4.78, 5) is 1.14. The van der Waals surface area contributed by atoms with Gasteiger partial charge in [-0.1, -0.05) is 23.8 Å². The summed E-state index contributed by atoms with van der Waals surface area (Å²) >= 11 is 7.73. The van der Waals surface area contributed by atoms with Crippen LogP contribution >= 0.6 is 23.4 Å². The van der Waals surface area contributed by atoms with E-state index in [-0.39, 0.29) is 5.75 Å². The fraction of sp³-hybridized carbons (Fsp3) is 0.385. The first-order valence-electron chi connectivity index (χ1n) is 5.47. The van der Waals surface area contributed by atoms with Gasteiger partial charge in [0.25, 0.3) is 0 Å². The van der Waals surface area contributed by atoms with Gasteiger partial charge in [-0.3, -0.25) is 0 Å². The van der Waals surface area contributed by atoms with Crippen molar-refractivity contribution in [3.05, 3.63) is 35.4 Å². The zero-order valence-corrected chi connectivity index (χ0v) is 10.7. The first-order chi connectivity index (χ1) is 7.65. The molecular weight excluding hydrogens is 240 g/mol. The van der Waals surface area contributed by atoms with E-state index in [1.54, 1.807) is 6.07 Å². The van der Waals surface area contributed by atoms with Gasteiger partial charge in [-0.2, -0.15) is 0 Å². The molecule has 0 unspecified atom stereocenters. The van der Waals surface area contributed by atoms with Crippen LogP contribution in [0.4, 0.5) is 0 Å². The molecule has 1 aliphatic carbocycles. The molecule has 0 bridgehead atoms. The Hall–Kier alpha value is -0.600. The van der Waals surface area contributed by atoms with E-state index in [1.807, 2.05) is 23.9 Å². The molecule has 1 saturated carbocycles. The highest BCUT2D eigenvalue weighted by Crippen LogP contribution is 2.37. The number of phenols is 1. The van der Waals surface area contributed by atoms with E-state index < -0.39 is 0 Å². The number of phenolic OH excluding ortho intramolecular Hbond substituents is 1. The molecule has 0 atom stereocenters. The minimum Gasteiger partial charge on any atom is -0.506 e. The third-order valence-electron chi connectivity index (χ3n) is 2.86. The predicted octanol–water partition coefficient (Wildman–Crippen LogP) is 4.64. The molecule has 0 saturated heterocycles. The Balaban J connectivity index is 1.98. The molecule has 1 N–H and O–H groups in total. The van der Waals surface area contributed by atoms with Gasteiger partial charge in [-0.15, -0.1) is 11.8 Å². The lowest BCUT2D eigenvalue weighted by atomic mass is 9.96. The van der Waals surface area contributed by atoms with Gasteiger partial charge in [0.05, 0.1) is 5.02 Å². The quantitative estimate of drug-likeness (QED) is 0.776. The van der Waals surface area contributed by atoms with Crippen molar-refractivity contribution >= 4 is 23.4 Å². The lowest BCUT2D eigenvalue weighted by Gasteiger charge is -2.22. The molecule has 1 aliphatic rings. The van der Waals surface area contributed by atoms with E-state index in [9.17, 15) is 5.11 Å². The summed E-state index contributed by atoms with van der Waals surface area (Å²) in [6.07, 6.45) is 4.68. The third-order valence-corrected chi connectivity index (χ3v) is 4.50. The minimum atomic E-state index is 0.156. The molecule has 0 amide bonds. The van der Waals surface area contributed by atoms with Crippen molar-refractivity contribution in [3.63, 3.8) is 0 Å². The molecule has 0 heterocycles. The van der Waals surface area contributed by atoms with E-state index in [0.717, 1.165) is 17.7 Å². The molecule has 0 spiro atoms. The second-order valence-electron chi connectivity index (χ2n) is 4.18. The van der Waals surface area contributed by atoms with Gasteiger partial charge in [-0.05, 0) is 43.9 Å². The SMILES string of the molecule is C=C1CCC(Sc2ccc(O)c(Cl)c2)CC1. The Morgan fingerprint density at radius 3 is 2.62 bits per heavy atom. The summed E-state index contributed by atoms with van der Waals surface area (Å²) in [5.74, 6) is 0.156. The smallest absolute Gasteiger partial charge is 0.134 e. The van der Waals surface area contributed by atoms with Gasteiger partial charge in [-0.25, -0.2) is 0 Å². The van der Waals surface area contributed by atoms with Crippen molar-refractivity contribution in [2.24, 2.45) is 0 Å². The number of hydrogen-bond donors (Lipinski definition) is 1. The summed E-state index contributed by atoms with van der Waals surface area (Å²) in [5.41, 5.74) is 1.38. The predicted molar refractivity (Wildman–Crippen MR) is 70.4 cm³/mol. The normalized spacial score (nSPS) is 17.7. The summed E-state index contributed by atoms with van der Waals surface area (Å²) in [6, 6.07) is 5.42. The average molecular weight is 255 g/mol. The molecule has 0 radical (unpaired) electrons. The van der Waals surface area contributed by atoms with Gasteiger partial charge in [0.15, 0.2) is 0 Å². The van der Waals surface area contributed by atoms with Gasteiger partial charge in [0.1, 0.15) is 5.75 Å². The third kappa shape index (κ3) is 2.96. The van der Waals surface area contributed by atoms with Gasteiger partial charge >= 0.3 is 0 Å². The van der Waals surface area contributed by atoms with Crippen LogP contribution in [0.2, 0.25) is 5.02 Å². The van der Waals surface area contributed by atoms with Crippen LogP contribution in [0.15, 0.2) is 35.2 Å². The number of benzene rings is 1. The van der Waals surface area contributed by atoms with Gasteiger partial charge in [0, 0.05) is 10.1 Å². The van der Waals surface area contributed by atoms with E-state index >= 15 is 0 Å². The maximum absolute atomic E-state index is 9.33. The van der Waals surface area contributed by atoms with Crippen LogP contribution in [-0.2, 0) is 0 Å². The Kier molecular flexibility index (Phi) is 3.82. The summed E-state index contributed by atoms with van der Waals surface area (Å²) in [6.45, 7) is 4.02. The van der Waals surface area contributed by atoms with Crippen LogP contribution in [0.1, 0.15) is 25.7 Å². The van der Waals surface area contributed by atoms with Crippen molar-refractivity contribution in [2.45, 2.75) is 35.8 Å². The standard InChI is InChI=1S/C13H15ClOS/c1-9-2-4-10(5-3-9)16-11-6-7-13(15)12(14)8-11/h6-8,10,15H,1-5H2. The zero-order valence-electron chi connectivity index (χ0n) is 9.08. The summed E-state index contributed by atoms with van der Waals surface area (Å²) < 4.78 is 0. The minimum absolute atomic E-state index is 0.156. The molecule has 86 valence electrons. The molecule has 1 aromatic carbocycles. The fourth-order valence-corrected chi connectivity index (χ4v) is 3.30. The van der Waals surface area contributed by atoms with Crippen LogP contribution < -0.4 is 0 Å². The highest BCUT2D eigenvalue weighted by atomic mass is 35.5. The van der Waals surface area contributed by atoms with Crippen LogP contribution in [0.25, 0.3) is 0 Å². The summed E-state index contributed by atoms with van der Waals surface area (Å²) in [7, 11) is 0. The highest BCUT2D eigenvalue weighted by molar-refractivity contribution is 8.00. The number of halogens is 1. The molecule has 2 rings (SSSR count). The molecule has 0 aromatic heterocycles. The topological polar surface area (TPSA) is 20.2 Å². The second kappa shape index (κ2) is 5.15. The lowest BCUT2D eigenvalue weighted by Crippen LogP contribution is -2.09. The fourth-order valence-electron chi connectivity index (χ4n) is 1.87. The van der Waals surface area contributed by atoms with E-state index in [1.165, 1.54) is 18.4 Å². The van der Waals surface area contributed by atoms with Crippen molar-refractivity contribution < 1.29 is 5.11 Å².